The number of benzene rings is 2. The first-order valence-corrected chi connectivity index (χ1v) is 5.54. The Hall–Kier alpha value is -2.03. The number of ether oxygens (including phenoxy) is 2. The predicted octanol–water partition coefficient (Wildman–Crippen LogP) is 2.32. The largest absolute Gasteiger partial charge is 0.478 e. The van der Waals surface area contributed by atoms with Gasteiger partial charge in [-0.1, -0.05) is 24.3 Å². The van der Waals surface area contributed by atoms with E-state index in [2.05, 4.69) is 12.1 Å². The van der Waals surface area contributed by atoms with E-state index in [1.807, 2.05) is 24.3 Å². The first kappa shape index (κ1) is 10.1. The van der Waals surface area contributed by atoms with Gasteiger partial charge in [-0.2, -0.15) is 0 Å². The summed E-state index contributed by atoms with van der Waals surface area (Å²) in [7, 11) is 1.38. The summed E-state index contributed by atoms with van der Waals surface area (Å²) in [5.41, 5.74) is 1.07. The van der Waals surface area contributed by atoms with Crippen LogP contribution in [0.5, 0.6) is 5.75 Å². The highest BCUT2D eigenvalue weighted by Crippen LogP contribution is 2.33. The van der Waals surface area contributed by atoms with Gasteiger partial charge in [-0.15, -0.1) is 0 Å². The molecule has 0 fully saturated rings. The molecule has 0 unspecified atom stereocenters. The van der Waals surface area contributed by atoms with Crippen LogP contribution in [-0.4, -0.2) is 19.2 Å². The third kappa shape index (κ3) is 1.64. The summed E-state index contributed by atoms with van der Waals surface area (Å²) in [6, 6.07) is 12.1. The third-order valence-corrected chi connectivity index (χ3v) is 3.07. The van der Waals surface area contributed by atoms with Gasteiger partial charge in [0.15, 0.2) is 6.10 Å². The number of fused-ring (bicyclic) bond motifs is 2. The Labute approximate surface area is 99.0 Å². The van der Waals surface area contributed by atoms with Crippen LogP contribution in [0.15, 0.2) is 36.4 Å². The van der Waals surface area contributed by atoms with Gasteiger partial charge in [0, 0.05) is 6.42 Å². The molecule has 86 valence electrons. The number of hydrogen-bond acceptors (Lipinski definition) is 3. The molecule has 17 heavy (non-hydrogen) atoms. The van der Waals surface area contributed by atoms with Crippen LogP contribution in [-0.2, 0) is 16.0 Å². The van der Waals surface area contributed by atoms with Crippen molar-refractivity contribution in [1.82, 2.24) is 0 Å². The lowest BCUT2D eigenvalue weighted by atomic mass is 10.0. The van der Waals surface area contributed by atoms with Crippen molar-refractivity contribution in [3.8, 4) is 5.75 Å². The summed E-state index contributed by atoms with van der Waals surface area (Å²) in [6.07, 6.45) is 0.0964. The number of hydrogen-bond donors (Lipinski definition) is 0. The van der Waals surface area contributed by atoms with Gasteiger partial charge in [-0.3, -0.25) is 0 Å². The van der Waals surface area contributed by atoms with Crippen molar-refractivity contribution >= 4 is 16.7 Å². The zero-order valence-electron chi connectivity index (χ0n) is 9.47. The molecule has 3 nitrogen and oxygen atoms in total. The van der Waals surface area contributed by atoms with Crippen molar-refractivity contribution < 1.29 is 14.3 Å². The van der Waals surface area contributed by atoms with E-state index >= 15 is 0 Å². The van der Waals surface area contributed by atoms with Crippen molar-refractivity contribution in [2.24, 2.45) is 0 Å². The van der Waals surface area contributed by atoms with Crippen molar-refractivity contribution in [3.05, 3.63) is 42.0 Å². The highest BCUT2D eigenvalue weighted by molar-refractivity contribution is 5.86. The van der Waals surface area contributed by atoms with Gasteiger partial charge in [0.25, 0.3) is 0 Å². The minimum Gasteiger partial charge on any atom is -0.478 e. The summed E-state index contributed by atoms with van der Waals surface area (Å²) >= 11 is 0. The average Bonchev–Trinajstić information content (AvgIpc) is 2.77. The smallest absolute Gasteiger partial charge is 0.347 e. The molecule has 1 heterocycles. The maximum absolute atomic E-state index is 11.4. The second-order valence-corrected chi connectivity index (χ2v) is 4.14. The molecular weight excluding hydrogens is 216 g/mol. The maximum Gasteiger partial charge on any atom is 0.347 e. The summed E-state index contributed by atoms with van der Waals surface area (Å²) in [4.78, 5) is 11.4. The van der Waals surface area contributed by atoms with Crippen LogP contribution in [0.4, 0.5) is 0 Å². The number of carbonyl (C=O) groups excluding carboxylic acids is 1. The molecule has 1 aliphatic rings. The topological polar surface area (TPSA) is 35.5 Å². The van der Waals surface area contributed by atoms with E-state index in [1.165, 1.54) is 12.5 Å². The van der Waals surface area contributed by atoms with Crippen LogP contribution >= 0.6 is 0 Å². The van der Waals surface area contributed by atoms with Crippen LogP contribution in [0.1, 0.15) is 5.56 Å². The lowest BCUT2D eigenvalue weighted by Crippen LogP contribution is -2.26. The molecule has 0 spiro atoms. The second kappa shape index (κ2) is 3.77. The van der Waals surface area contributed by atoms with E-state index in [1.54, 1.807) is 0 Å². The summed E-state index contributed by atoms with van der Waals surface area (Å²) in [6.45, 7) is 0. The summed E-state index contributed by atoms with van der Waals surface area (Å²) in [5, 5.41) is 2.29. The maximum atomic E-state index is 11.4. The molecule has 0 saturated carbocycles. The Morgan fingerprint density at radius 2 is 2.00 bits per heavy atom. The van der Waals surface area contributed by atoms with Gasteiger partial charge in [0.2, 0.25) is 0 Å². The SMILES string of the molecule is COC(=O)[C@@H]1Cc2cc3ccccc3cc2O1. The molecule has 0 amide bonds. The van der Waals surface area contributed by atoms with Crippen LogP contribution in [0.2, 0.25) is 0 Å². The van der Waals surface area contributed by atoms with Gasteiger partial charge >= 0.3 is 5.97 Å². The normalized spacial score (nSPS) is 17.6. The van der Waals surface area contributed by atoms with Gasteiger partial charge < -0.3 is 9.47 Å². The van der Waals surface area contributed by atoms with Gasteiger partial charge in [-0.25, -0.2) is 4.79 Å². The monoisotopic (exact) mass is 228 g/mol. The Kier molecular flexibility index (Phi) is 2.25. The zero-order chi connectivity index (χ0) is 11.8. The quantitative estimate of drug-likeness (QED) is 0.703. The number of rotatable bonds is 1. The Bertz CT molecular complexity index is 545. The van der Waals surface area contributed by atoms with Crippen LogP contribution in [0, 0.1) is 0 Å². The Morgan fingerprint density at radius 1 is 1.29 bits per heavy atom. The summed E-state index contributed by atoms with van der Waals surface area (Å²) in [5.74, 6) is 0.476. The van der Waals surface area contributed by atoms with Crippen molar-refractivity contribution in [2.75, 3.05) is 7.11 Å². The average molecular weight is 228 g/mol. The first-order chi connectivity index (χ1) is 8.28. The molecule has 0 aromatic heterocycles. The van der Waals surface area contributed by atoms with Crippen molar-refractivity contribution in [1.29, 1.82) is 0 Å². The molecule has 0 radical (unpaired) electrons. The lowest BCUT2D eigenvalue weighted by Gasteiger charge is -2.07. The Morgan fingerprint density at radius 3 is 2.71 bits per heavy atom. The molecule has 2 aromatic rings. The molecule has 0 saturated heterocycles. The van der Waals surface area contributed by atoms with E-state index in [0.717, 1.165) is 16.7 Å². The Balaban J connectivity index is 2.02. The minimum absolute atomic E-state index is 0.315. The van der Waals surface area contributed by atoms with Gasteiger partial charge in [0.05, 0.1) is 7.11 Å². The van der Waals surface area contributed by atoms with Crippen LogP contribution in [0.25, 0.3) is 10.8 Å². The molecule has 1 aliphatic heterocycles. The van der Waals surface area contributed by atoms with E-state index in [4.69, 9.17) is 9.47 Å². The molecule has 2 aromatic carbocycles. The molecule has 1 atom stereocenters. The van der Waals surface area contributed by atoms with E-state index in [0.29, 0.717) is 6.42 Å². The molecule has 3 rings (SSSR count). The molecule has 0 N–H and O–H groups in total. The first-order valence-electron chi connectivity index (χ1n) is 5.54. The zero-order valence-corrected chi connectivity index (χ0v) is 9.47. The fraction of sp³-hybridized carbons (Fsp3) is 0.214. The highest BCUT2D eigenvalue weighted by Gasteiger charge is 2.29. The van der Waals surface area contributed by atoms with Crippen LogP contribution < -0.4 is 4.74 Å². The van der Waals surface area contributed by atoms with Gasteiger partial charge in [0.1, 0.15) is 5.75 Å². The number of methoxy groups -OCH3 is 1. The fourth-order valence-corrected chi connectivity index (χ4v) is 2.19. The number of esters is 1. The van der Waals surface area contributed by atoms with Gasteiger partial charge in [-0.05, 0) is 28.5 Å². The predicted molar refractivity (Wildman–Crippen MR) is 64.1 cm³/mol. The molecular formula is C14H12O3. The van der Waals surface area contributed by atoms with Crippen molar-refractivity contribution in [3.63, 3.8) is 0 Å². The molecule has 3 heteroatoms. The van der Waals surface area contributed by atoms with Crippen molar-refractivity contribution in [2.45, 2.75) is 12.5 Å². The van der Waals surface area contributed by atoms with E-state index in [-0.39, 0.29) is 5.97 Å². The van der Waals surface area contributed by atoms with E-state index < -0.39 is 6.10 Å². The lowest BCUT2D eigenvalue weighted by molar-refractivity contribution is -0.147. The second-order valence-electron chi connectivity index (χ2n) is 4.14. The summed E-state index contributed by atoms with van der Waals surface area (Å²) < 4.78 is 10.3. The number of carbonyl (C=O) groups is 1. The molecule has 0 aliphatic carbocycles. The standard InChI is InChI=1S/C14H12O3/c1-16-14(15)13-8-11-6-9-4-2-3-5-10(9)7-12(11)17-13/h2-7,13H,8H2,1H3/t13-/m0/s1. The fourth-order valence-electron chi connectivity index (χ4n) is 2.19. The molecule has 0 bridgehead atoms. The minimum atomic E-state index is -0.494. The third-order valence-electron chi connectivity index (χ3n) is 3.07. The van der Waals surface area contributed by atoms with E-state index in [9.17, 15) is 4.79 Å². The highest BCUT2D eigenvalue weighted by atomic mass is 16.6. The van der Waals surface area contributed by atoms with Crippen LogP contribution in [0.3, 0.4) is 0 Å².